The highest BCUT2D eigenvalue weighted by Crippen LogP contribution is 2.29. The van der Waals surface area contributed by atoms with E-state index in [-0.39, 0.29) is 18.6 Å². The highest BCUT2D eigenvalue weighted by atomic mass is 19.1. The zero-order valence-electron chi connectivity index (χ0n) is 15.6. The predicted molar refractivity (Wildman–Crippen MR) is 104 cm³/mol. The van der Waals surface area contributed by atoms with Crippen LogP contribution >= 0.6 is 0 Å². The number of fused-ring (bicyclic) bond motifs is 2. The molecule has 0 spiro atoms. The van der Waals surface area contributed by atoms with E-state index in [1.807, 2.05) is 6.08 Å². The molecule has 0 N–H and O–H groups in total. The number of nitrogens with zero attached hydrogens (tertiary/aromatic N) is 2. The Hall–Kier alpha value is -3.28. The lowest BCUT2D eigenvalue weighted by Crippen LogP contribution is -2.39. The summed E-state index contributed by atoms with van der Waals surface area (Å²) in [6, 6.07) is 2.18. The maximum atomic E-state index is 14.9. The molecule has 4 nitrogen and oxygen atoms in total. The smallest absolute Gasteiger partial charge is 0.360 e. The van der Waals surface area contributed by atoms with Crippen molar-refractivity contribution in [3.05, 3.63) is 89.7 Å². The zero-order chi connectivity index (χ0) is 20.1. The Labute approximate surface area is 162 Å². The van der Waals surface area contributed by atoms with Crippen LogP contribution in [0.25, 0.3) is 5.70 Å². The highest BCUT2D eigenvalue weighted by Gasteiger charge is 2.33. The van der Waals surface area contributed by atoms with Crippen molar-refractivity contribution in [2.75, 3.05) is 13.2 Å². The van der Waals surface area contributed by atoms with Crippen LogP contribution in [0, 0.1) is 11.6 Å². The first-order valence-electron chi connectivity index (χ1n) is 8.93. The normalized spacial score (nSPS) is 21.2. The Balaban J connectivity index is 2.26. The Bertz CT molecular complexity index is 956. The Kier molecular flexibility index (Phi) is 5.99. The number of hydrazine groups is 1. The van der Waals surface area contributed by atoms with Gasteiger partial charge >= 0.3 is 5.97 Å². The molecule has 3 rings (SSSR count). The minimum atomic E-state index is -0.680. The van der Waals surface area contributed by atoms with Crippen LogP contribution in [-0.4, -0.2) is 35.0 Å². The lowest BCUT2D eigenvalue weighted by atomic mass is 9.99. The fourth-order valence-corrected chi connectivity index (χ4v) is 3.23. The molecule has 1 aromatic rings. The number of hydrazone groups is 1. The van der Waals surface area contributed by atoms with Crippen LogP contribution in [0.2, 0.25) is 0 Å². The minimum Gasteiger partial charge on any atom is -0.457 e. The fraction of sp³-hybridized carbons (Fsp3) is 0.182. The summed E-state index contributed by atoms with van der Waals surface area (Å²) in [6.07, 6.45) is 13.8. The topological polar surface area (TPSA) is 32.5 Å². The van der Waals surface area contributed by atoms with E-state index in [1.54, 1.807) is 53.2 Å². The molecule has 0 saturated heterocycles. The van der Waals surface area contributed by atoms with Gasteiger partial charge in [0, 0.05) is 19.1 Å². The van der Waals surface area contributed by atoms with Gasteiger partial charge in [-0.25, -0.2) is 13.6 Å². The van der Waals surface area contributed by atoms with Gasteiger partial charge in [0.25, 0.3) is 0 Å². The average molecular weight is 383 g/mol. The minimum absolute atomic E-state index is 0.0754. The van der Waals surface area contributed by atoms with Crippen molar-refractivity contribution < 1.29 is 23.0 Å². The summed E-state index contributed by atoms with van der Waals surface area (Å²) in [7, 11) is 0. The second-order valence-electron chi connectivity index (χ2n) is 6.15. The second-order valence-corrected chi connectivity index (χ2v) is 6.15. The maximum Gasteiger partial charge on any atom is 0.360 e. The highest BCUT2D eigenvalue weighted by molar-refractivity contribution is 5.88. The summed E-state index contributed by atoms with van der Waals surface area (Å²) in [5, 5.41) is 1.68. The molecule has 0 saturated carbocycles. The number of halogens is 2. The molecule has 0 atom stereocenters. The van der Waals surface area contributed by atoms with E-state index in [0.717, 1.165) is 6.07 Å². The number of carbonyl (C=O) groups is 1. The van der Waals surface area contributed by atoms with E-state index in [4.69, 9.17) is 4.74 Å². The van der Waals surface area contributed by atoms with E-state index in [9.17, 15) is 13.6 Å². The van der Waals surface area contributed by atoms with Crippen molar-refractivity contribution in [1.82, 2.24) is 5.01 Å². The van der Waals surface area contributed by atoms with Crippen LogP contribution in [0.1, 0.15) is 18.1 Å². The average Bonchev–Trinajstić information content (AvgIpc) is 2.67. The van der Waals surface area contributed by atoms with Gasteiger partial charge in [-0.2, -0.15) is 0 Å². The van der Waals surface area contributed by atoms with Gasteiger partial charge in [-0.15, -0.1) is 5.01 Å². The number of carbonyl (C=O) groups excluding carboxylic acids is 1. The van der Waals surface area contributed by atoms with Crippen LogP contribution in [0.4, 0.5) is 8.78 Å². The second kappa shape index (κ2) is 8.61. The van der Waals surface area contributed by atoms with Crippen LogP contribution < -0.4 is 0 Å². The molecule has 2 heterocycles. The van der Waals surface area contributed by atoms with Crippen molar-refractivity contribution in [2.45, 2.75) is 13.3 Å². The first kappa shape index (κ1) is 19.5. The Morgan fingerprint density at radius 1 is 1.25 bits per heavy atom. The molecule has 0 aliphatic carbocycles. The van der Waals surface area contributed by atoms with Crippen LogP contribution in [0.3, 0.4) is 0 Å². The summed E-state index contributed by atoms with van der Waals surface area (Å²) in [6.45, 7) is 5.95. The maximum absolute atomic E-state index is 14.9. The van der Waals surface area contributed by atoms with E-state index < -0.39 is 17.6 Å². The molecule has 1 aromatic carbocycles. The summed E-state index contributed by atoms with van der Waals surface area (Å²) in [5.74, 6) is -1.81. The lowest BCUT2D eigenvalue weighted by molar-refractivity contribution is -0.597. The third-order valence-electron chi connectivity index (χ3n) is 4.39. The SMILES string of the molecule is C=C/C=C1/c2c(F)cc(F)cc2C/C=C/COC(=O)C2=CC=CCN2/[N+]1=C/C. The van der Waals surface area contributed by atoms with Gasteiger partial charge in [0.05, 0.1) is 12.1 Å². The van der Waals surface area contributed by atoms with E-state index in [1.165, 1.54) is 12.1 Å². The predicted octanol–water partition coefficient (Wildman–Crippen LogP) is 3.92. The first-order valence-corrected chi connectivity index (χ1v) is 8.93. The first-order chi connectivity index (χ1) is 13.6. The molecule has 2 aliphatic rings. The molecule has 0 aromatic heterocycles. The quantitative estimate of drug-likeness (QED) is 0.419. The van der Waals surface area contributed by atoms with Crippen molar-refractivity contribution in [3.63, 3.8) is 0 Å². The van der Waals surface area contributed by atoms with Crippen molar-refractivity contribution >= 4 is 17.9 Å². The van der Waals surface area contributed by atoms with Gasteiger partial charge in [-0.05, 0) is 24.1 Å². The van der Waals surface area contributed by atoms with Crippen LogP contribution in [0.5, 0.6) is 0 Å². The van der Waals surface area contributed by atoms with Crippen molar-refractivity contribution in [2.24, 2.45) is 0 Å². The molecule has 0 radical (unpaired) electrons. The monoisotopic (exact) mass is 383 g/mol. The largest absolute Gasteiger partial charge is 0.457 e. The summed E-state index contributed by atoms with van der Waals surface area (Å²) in [4.78, 5) is 12.5. The van der Waals surface area contributed by atoms with Gasteiger partial charge in [0.1, 0.15) is 18.2 Å². The molecule has 144 valence electrons. The number of hydrogen-bond acceptors (Lipinski definition) is 3. The molecule has 0 unspecified atom stereocenters. The Morgan fingerprint density at radius 2 is 2.07 bits per heavy atom. The van der Waals surface area contributed by atoms with E-state index in [2.05, 4.69) is 6.58 Å². The summed E-state index contributed by atoms with van der Waals surface area (Å²) < 4.78 is 35.8. The number of esters is 1. The van der Waals surface area contributed by atoms with Gasteiger partial charge < -0.3 is 4.74 Å². The van der Waals surface area contributed by atoms with E-state index >= 15 is 0 Å². The molecule has 0 bridgehead atoms. The molecular weight excluding hydrogens is 362 g/mol. The number of hydrogen-bond donors (Lipinski definition) is 0. The third-order valence-corrected chi connectivity index (χ3v) is 4.39. The molecule has 2 aliphatic heterocycles. The fourth-order valence-electron chi connectivity index (χ4n) is 3.23. The van der Waals surface area contributed by atoms with Crippen molar-refractivity contribution in [3.8, 4) is 0 Å². The van der Waals surface area contributed by atoms with Crippen LogP contribution in [-0.2, 0) is 16.0 Å². The van der Waals surface area contributed by atoms with Crippen LogP contribution in [0.15, 0.2) is 66.9 Å². The summed E-state index contributed by atoms with van der Waals surface area (Å²) in [5.41, 5.74) is 1.49. The third kappa shape index (κ3) is 3.86. The number of benzene rings is 1. The molecule has 0 fully saturated rings. The number of allylic oxidation sites excluding steroid dienone is 5. The molecule has 0 amide bonds. The zero-order valence-corrected chi connectivity index (χ0v) is 15.6. The van der Waals surface area contributed by atoms with Gasteiger partial charge in [-0.3, -0.25) is 0 Å². The standard InChI is InChI=1S/C22H21F2N2O2/c1-3-9-19-21-16(14-17(23)15-18(21)24)10-6-8-13-28-22(27)20-11-5-7-12-26(20)25(19)4-2/h3-9,11,14-15H,1,10,12-13H2,2H3/q+1/b8-6+,19-9-,25-4+. The van der Waals surface area contributed by atoms with Gasteiger partial charge in [0.2, 0.25) is 5.70 Å². The lowest BCUT2D eigenvalue weighted by Gasteiger charge is -2.24. The Morgan fingerprint density at radius 3 is 2.82 bits per heavy atom. The number of cyclic esters (lactones) is 1. The van der Waals surface area contributed by atoms with Gasteiger partial charge in [0.15, 0.2) is 11.9 Å². The summed E-state index contributed by atoms with van der Waals surface area (Å²) >= 11 is 0. The number of ether oxygens (including phenoxy) is 1. The number of rotatable bonds is 1. The van der Waals surface area contributed by atoms with Crippen molar-refractivity contribution in [1.29, 1.82) is 0 Å². The van der Waals surface area contributed by atoms with Gasteiger partial charge in [-0.1, -0.05) is 41.6 Å². The molecule has 28 heavy (non-hydrogen) atoms. The molecular formula is C22H21F2N2O2+. The molecule has 6 heteroatoms. The van der Waals surface area contributed by atoms with E-state index in [0.29, 0.717) is 23.5 Å².